The number of rotatable bonds is 4. The zero-order valence-corrected chi connectivity index (χ0v) is 13.2. The Morgan fingerprint density at radius 3 is 2.61 bits per heavy atom. The minimum atomic E-state index is -0.556. The number of halogens is 1. The van der Waals surface area contributed by atoms with E-state index >= 15 is 0 Å². The standard InChI is InChI=1S/C12H19BrN2O2S/c1-12(2,3)9(16)7-15-11(17)14-6-8-4-5-10(13)18-8/h4-5,9,16H,6-7H2,1-3H3,(H2,14,15,17). The Hall–Kier alpha value is -0.590. The Balaban J connectivity index is 2.26. The molecule has 0 radical (unpaired) electrons. The summed E-state index contributed by atoms with van der Waals surface area (Å²) in [6.07, 6.45) is -0.556. The summed E-state index contributed by atoms with van der Waals surface area (Å²) >= 11 is 4.95. The normalized spacial score (nSPS) is 13.2. The Kier molecular flexibility index (Phi) is 5.62. The van der Waals surface area contributed by atoms with Crippen LogP contribution in [0.2, 0.25) is 0 Å². The molecule has 4 nitrogen and oxygen atoms in total. The second kappa shape index (κ2) is 6.54. The number of hydrogen-bond acceptors (Lipinski definition) is 3. The maximum Gasteiger partial charge on any atom is 0.315 e. The zero-order chi connectivity index (χ0) is 13.8. The zero-order valence-electron chi connectivity index (χ0n) is 10.8. The molecule has 1 unspecified atom stereocenters. The molecule has 0 bridgehead atoms. The van der Waals surface area contributed by atoms with Crippen LogP contribution in [0, 0.1) is 5.41 Å². The van der Waals surface area contributed by atoms with Crippen molar-refractivity contribution in [3.8, 4) is 0 Å². The molecule has 0 fully saturated rings. The van der Waals surface area contributed by atoms with Crippen LogP contribution in [0.15, 0.2) is 15.9 Å². The molecular formula is C12H19BrN2O2S. The fourth-order valence-electron chi connectivity index (χ4n) is 1.17. The summed E-state index contributed by atoms with van der Waals surface area (Å²) in [5.74, 6) is 0. The van der Waals surface area contributed by atoms with Gasteiger partial charge >= 0.3 is 6.03 Å². The van der Waals surface area contributed by atoms with Crippen LogP contribution in [0.3, 0.4) is 0 Å². The Morgan fingerprint density at radius 2 is 2.11 bits per heavy atom. The van der Waals surface area contributed by atoms with Crippen LogP contribution in [0.25, 0.3) is 0 Å². The van der Waals surface area contributed by atoms with Crippen molar-refractivity contribution < 1.29 is 9.90 Å². The molecule has 0 saturated carbocycles. The van der Waals surface area contributed by atoms with Crippen molar-refractivity contribution in [2.24, 2.45) is 5.41 Å². The molecule has 3 N–H and O–H groups in total. The summed E-state index contributed by atoms with van der Waals surface area (Å²) < 4.78 is 1.04. The predicted molar refractivity (Wildman–Crippen MR) is 77.7 cm³/mol. The van der Waals surface area contributed by atoms with Crippen molar-refractivity contribution in [3.05, 3.63) is 20.8 Å². The van der Waals surface area contributed by atoms with Crippen LogP contribution >= 0.6 is 27.3 Å². The first-order valence-corrected chi connectivity index (χ1v) is 7.34. The maximum absolute atomic E-state index is 11.5. The van der Waals surface area contributed by atoms with Crippen molar-refractivity contribution >= 4 is 33.3 Å². The van der Waals surface area contributed by atoms with Gasteiger partial charge in [-0.15, -0.1) is 11.3 Å². The lowest BCUT2D eigenvalue weighted by atomic mass is 9.89. The van der Waals surface area contributed by atoms with Gasteiger partial charge in [-0.25, -0.2) is 4.79 Å². The first kappa shape index (κ1) is 15.5. The molecular weight excluding hydrogens is 316 g/mol. The number of carbonyl (C=O) groups is 1. The van der Waals surface area contributed by atoms with E-state index in [4.69, 9.17) is 0 Å². The summed E-state index contributed by atoms with van der Waals surface area (Å²) in [6.45, 7) is 6.54. The Bertz CT molecular complexity index is 401. The Labute approximate surface area is 120 Å². The van der Waals surface area contributed by atoms with Gasteiger partial charge in [0.15, 0.2) is 0 Å². The average molecular weight is 335 g/mol. The van der Waals surface area contributed by atoms with E-state index in [-0.39, 0.29) is 18.0 Å². The second-order valence-electron chi connectivity index (χ2n) is 5.15. The molecule has 0 spiro atoms. The smallest absolute Gasteiger partial charge is 0.315 e. The lowest BCUT2D eigenvalue weighted by molar-refractivity contribution is 0.0650. The van der Waals surface area contributed by atoms with Crippen molar-refractivity contribution in [3.63, 3.8) is 0 Å². The predicted octanol–water partition coefficient (Wildman–Crippen LogP) is 2.72. The number of hydrogen-bond donors (Lipinski definition) is 3. The van der Waals surface area contributed by atoms with E-state index in [1.807, 2.05) is 32.9 Å². The molecule has 102 valence electrons. The molecule has 0 saturated heterocycles. The van der Waals surface area contributed by atoms with Crippen LogP contribution < -0.4 is 10.6 Å². The third-order valence-electron chi connectivity index (χ3n) is 2.51. The second-order valence-corrected chi connectivity index (χ2v) is 7.70. The van der Waals surface area contributed by atoms with E-state index in [9.17, 15) is 9.90 Å². The fourth-order valence-corrected chi connectivity index (χ4v) is 2.60. The molecule has 0 aliphatic heterocycles. The number of amides is 2. The number of aliphatic hydroxyl groups excluding tert-OH is 1. The van der Waals surface area contributed by atoms with Crippen molar-refractivity contribution in [1.29, 1.82) is 0 Å². The van der Waals surface area contributed by atoms with Gasteiger partial charge in [-0.05, 0) is 33.5 Å². The van der Waals surface area contributed by atoms with Crippen LogP contribution in [0.4, 0.5) is 4.79 Å². The van der Waals surface area contributed by atoms with Gasteiger partial charge < -0.3 is 15.7 Å². The van der Waals surface area contributed by atoms with E-state index in [2.05, 4.69) is 26.6 Å². The first-order valence-electron chi connectivity index (χ1n) is 5.73. The molecule has 18 heavy (non-hydrogen) atoms. The van der Waals surface area contributed by atoms with Crippen LogP contribution in [0.5, 0.6) is 0 Å². The molecule has 6 heteroatoms. The van der Waals surface area contributed by atoms with Gasteiger partial charge in [0, 0.05) is 11.4 Å². The molecule has 1 aromatic rings. The number of nitrogens with one attached hydrogen (secondary N) is 2. The monoisotopic (exact) mass is 334 g/mol. The van der Waals surface area contributed by atoms with Gasteiger partial charge in [-0.3, -0.25) is 0 Å². The van der Waals surface area contributed by atoms with Crippen molar-refractivity contribution in [2.45, 2.75) is 33.4 Å². The number of thiophene rings is 1. The lowest BCUT2D eigenvalue weighted by Crippen LogP contribution is -2.43. The van der Waals surface area contributed by atoms with Crippen LogP contribution in [-0.4, -0.2) is 23.8 Å². The topological polar surface area (TPSA) is 61.4 Å². The highest BCUT2D eigenvalue weighted by Crippen LogP contribution is 2.21. The first-order chi connectivity index (χ1) is 8.29. The summed E-state index contributed by atoms with van der Waals surface area (Å²) in [4.78, 5) is 12.6. The molecule has 1 heterocycles. The van der Waals surface area contributed by atoms with Gasteiger partial charge in [0.2, 0.25) is 0 Å². The van der Waals surface area contributed by atoms with E-state index in [1.54, 1.807) is 11.3 Å². The summed E-state index contributed by atoms with van der Waals surface area (Å²) in [6, 6.07) is 3.64. The minimum absolute atomic E-state index is 0.230. The van der Waals surface area contributed by atoms with Gasteiger partial charge in [-0.2, -0.15) is 0 Å². The minimum Gasteiger partial charge on any atom is -0.391 e. The van der Waals surface area contributed by atoms with Crippen LogP contribution in [-0.2, 0) is 6.54 Å². The highest BCUT2D eigenvalue weighted by molar-refractivity contribution is 9.11. The summed E-state index contributed by atoms with van der Waals surface area (Å²) in [7, 11) is 0. The van der Waals surface area contributed by atoms with E-state index in [1.165, 1.54) is 0 Å². The molecule has 1 atom stereocenters. The molecule has 1 aromatic heterocycles. The van der Waals surface area contributed by atoms with Gasteiger partial charge in [-0.1, -0.05) is 20.8 Å². The number of aliphatic hydroxyl groups is 1. The van der Waals surface area contributed by atoms with Crippen molar-refractivity contribution in [2.75, 3.05) is 6.54 Å². The highest BCUT2D eigenvalue weighted by atomic mass is 79.9. The molecule has 0 aromatic carbocycles. The molecule has 1 rings (SSSR count). The van der Waals surface area contributed by atoms with Gasteiger partial charge in [0.05, 0.1) is 16.4 Å². The third kappa shape index (κ3) is 5.37. The fraction of sp³-hybridized carbons (Fsp3) is 0.583. The van der Waals surface area contributed by atoms with Crippen molar-refractivity contribution in [1.82, 2.24) is 10.6 Å². The maximum atomic E-state index is 11.5. The quantitative estimate of drug-likeness (QED) is 0.792. The van der Waals surface area contributed by atoms with E-state index in [0.29, 0.717) is 6.54 Å². The van der Waals surface area contributed by atoms with E-state index in [0.717, 1.165) is 8.66 Å². The molecule has 0 aliphatic carbocycles. The highest BCUT2D eigenvalue weighted by Gasteiger charge is 2.22. The Morgan fingerprint density at radius 1 is 1.44 bits per heavy atom. The van der Waals surface area contributed by atoms with Gasteiger partial charge in [0.1, 0.15) is 0 Å². The summed E-state index contributed by atoms with van der Waals surface area (Å²) in [5.41, 5.74) is -0.230. The SMILES string of the molecule is CC(C)(C)C(O)CNC(=O)NCc1ccc(Br)s1. The lowest BCUT2D eigenvalue weighted by Gasteiger charge is -2.25. The number of carbonyl (C=O) groups excluding carboxylic acids is 1. The van der Waals surface area contributed by atoms with E-state index < -0.39 is 6.10 Å². The molecule has 2 amide bonds. The average Bonchev–Trinajstić information content (AvgIpc) is 2.67. The van der Waals surface area contributed by atoms with Gasteiger partial charge in [0.25, 0.3) is 0 Å². The third-order valence-corrected chi connectivity index (χ3v) is 4.13. The largest absolute Gasteiger partial charge is 0.391 e. The summed E-state index contributed by atoms with van der Waals surface area (Å²) in [5, 5.41) is 15.2. The number of urea groups is 1. The molecule has 0 aliphatic rings. The van der Waals surface area contributed by atoms with Crippen LogP contribution in [0.1, 0.15) is 25.6 Å².